The summed E-state index contributed by atoms with van der Waals surface area (Å²) in [6, 6.07) is 13.6. The van der Waals surface area contributed by atoms with E-state index in [4.69, 9.17) is 23.2 Å². The standard InChI is InChI=1S/C27H26Cl2F3N3O4S/c1-17-4-11-22(12-5-17)40(38,39)35(21-10-13-24(29)23(14-21)27(30,31)32)16-25(36)34(18(2)26(37)33-3)15-19-6-8-20(28)9-7-19/h4-14,18H,15-16H2,1-3H3,(H,33,37)/t18-/m1/s1. The van der Waals surface area contributed by atoms with Gasteiger partial charge in [-0.3, -0.25) is 13.9 Å². The first kappa shape index (κ1) is 31.3. The molecule has 0 aromatic heterocycles. The minimum absolute atomic E-state index is 0.0998. The van der Waals surface area contributed by atoms with Gasteiger partial charge in [-0.1, -0.05) is 53.0 Å². The third-order valence-electron chi connectivity index (χ3n) is 6.11. The molecule has 3 rings (SSSR count). The van der Waals surface area contributed by atoms with Crippen LogP contribution in [-0.4, -0.2) is 44.8 Å². The molecule has 0 bridgehead atoms. The fourth-order valence-corrected chi connectivity index (χ4v) is 5.59. The predicted octanol–water partition coefficient (Wildman–Crippen LogP) is 5.68. The highest BCUT2D eigenvalue weighted by Crippen LogP contribution is 2.38. The number of benzene rings is 3. The van der Waals surface area contributed by atoms with Crippen molar-refractivity contribution in [3.8, 4) is 0 Å². The van der Waals surface area contributed by atoms with E-state index in [1.54, 1.807) is 31.2 Å². The maximum atomic E-state index is 13.8. The number of sulfonamides is 1. The zero-order valence-electron chi connectivity index (χ0n) is 21.7. The third kappa shape index (κ3) is 7.26. The zero-order chi connectivity index (χ0) is 29.8. The molecule has 13 heteroatoms. The van der Waals surface area contributed by atoms with Crippen LogP contribution in [0.2, 0.25) is 10.0 Å². The second-order valence-corrected chi connectivity index (χ2v) is 11.6. The molecule has 0 unspecified atom stereocenters. The lowest BCUT2D eigenvalue weighted by molar-refractivity contribution is -0.139. The molecule has 40 heavy (non-hydrogen) atoms. The maximum Gasteiger partial charge on any atom is 0.417 e. The van der Waals surface area contributed by atoms with E-state index < -0.39 is 56.9 Å². The van der Waals surface area contributed by atoms with Gasteiger partial charge in [0.2, 0.25) is 11.8 Å². The minimum atomic E-state index is -4.88. The van der Waals surface area contributed by atoms with Gasteiger partial charge in [-0.2, -0.15) is 13.2 Å². The summed E-state index contributed by atoms with van der Waals surface area (Å²) in [5.41, 5.74) is -0.349. The molecule has 0 aliphatic rings. The summed E-state index contributed by atoms with van der Waals surface area (Å²) in [5.74, 6) is -1.36. The van der Waals surface area contributed by atoms with E-state index >= 15 is 0 Å². The van der Waals surface area contributed by atoms with Crippen LogP contribution in [0.15, 0.2) is 71.6 Å². The highest BCUT2D eigenvalue weighted by molar-refractivity contribution is 7.92. The van der Waals surface area contributed by atoms with Crippen molar-refractivity contribution in [3.63, 3.8) is 0 Å². The van der Waals surface area contributed by atoms with Gasteiger partial charge in [0.15, 0.2) is 0 Å². The molecule has 0 radical (unpaired) electrons. The highest BCUT2D eigenvalue weighted by Gasteiger charge is 2.36. The number of anilines is 1. The molecule has 0 saturated carbocycles. The molecule has 0 aliphatic carbocycles. The minimum Gasteiger partial charge on any atom is -0.357 e. The zero-order valence-corrected chi connectivity index (χ0v) is 24.0. The van der Waals surface area contributed by atoms with Gasteiger partial charge < -0.3 is 10.2 Å². The molecule has 0 fully saturated rings. The molecule has 0 aliphatic heterocycles. The number of alkyl halides is 3. The number of nitrogens with zero attached hydrogens (tertiary/aromatic N) is 2. The quantitative estimate of drug-likeness (QED) is 0.335. The molecule has 7 nitrogen and oxygen atoms in total. The van der Waals surface area contributed by atoms with Crippen molar-refractivity contribution in [1.82, 2.24) is 10.2 Å². The van der Waals surface area contributed by atoms with E-state index in [9.17, 15) is 31.2 Å². The Kier molecular flexibility index (Phi) is 9.76. The van der Waals surface area contributed by atoms with Crippen molar-refractivity contribution in [2.45, 2.75) is 37.5 Å². The molecule has 3 aromatic carbocycles. The molecule has 0 heterocycles. The van der Waals surface area contributed by atoms with Crippen LogP contribution in [-0.2, 0) is 32.3 Å². The molecule has 0 spiro atoms. The first-order valence-corrected chi connectivity index (χ1v) is 14.1. The molecular weight excluding hydrogens is 590 g/mol. The molecule has 1 N–H and O–H groups in total. The van der Waals surface area contributed by atoms with Gasteiger partial charge in [-0.05, 0) is 61.9 Å². The van der Waals surface area contributed by atoms with Crippen LogP contribution in [0.1, 0.15) is 23.6 Å². The molecule has 1 atom stereocenters. The number of likely N-dealkylation sites (N-methyl/N-ethyl adjacent to an activating group) is 1. The van der Waals surface area contributed by atoms with Crippen molar-refractivity contribution in [1.29, 1.82) is 0 Å². The van der Waals surface area contributed by atoms with Gasteiger partial charge in [0, 0.05) is 18.6 Å². The number of amides is 2. The number of carbonyl (C=O) groups is 2. The van der Waals surface area contributed by atoms with Crippen LogP contribution in [0.4, 0.5) is 18.9 Å². The van der Waals surface area contributed by atoms with Crippen molar-refractivity contribution in [3.05, 3.63) is 93.5 Å². The van der Waals surface area contributed by atoms with Crippen LogP contribution in [0.5, 0.6) is 0 Å². The van der Waals surface area contributed by atoms with E-state index in [1.807, 2.05) is 0 Å². The summed E-state index contributed by atoms with van der Waals surface area (Å²) in [6.07, 6.45) is -4.88. The summed E-state index contributed by atoms with van der Waals surface area (Å²) in [7, 11) is -3.17. The Bertz CT molecular complexity index is 1480. The SMILES string of the molecule is CNC(=O)[C@@H](C)N(Cc1ccc(Cl)cc1)C(=O)CN(c1ccc(Cl)c(C(F)(F)F)c1)S(=O)(=O)c1ccc(C)cc1. The van der Waals surface area contributed by atoms with Gasteiger partial charge in [0.25, 0.3) is 10.0 Å². The third-order valence-corrected chi connectivity index (χ3v) is 8.48. The Morgan fingerprint density at radius 1 is 0.975 bits per heavy atom. The molecule has 0 saturated heterocycles. The maximum absolute atomic E-state index is 13.8. The van der Waals surface area contributed by atoms with Crippen LogP contribution >= 0.6 is 23.2 Å². The molecule has 2 amide bonds. The Labute approximate surface area is 240 Å². The Morgan fingerprint density at radius 2 is 1.57 bits per heavy atom. The summed E-state index contributed by atoms with van der Waals surface area (Å²) in [4.78, 5) is 27.1. The Morgan fingerprint density at radius 3 is 2.12 bits per heavy atom. The number of hydrogen-bond acceptors (Lipinski definition) is 4. The van der Waals surface area contributed by atoms with E-state index in [0.717, 1.165) is 22.6 Å². The number of rotatable bonds is 9. The first-order chi connectivity index (χ1) is 18.6. The van der Waals surface area contributed by atoms with Crippen LogP contribution in [0, 0.1) is 6.92 Å². The van der Waals surface area contributed by atoms with E-state index in [-0.39, 0.29) is 11.4 Å². The van der Waals surface area contributed by atoms with E-state index in [2.05, 4.69) is 5.32 Å². The lowest BCUT2D eigenvalue weighted by atomic mass is 10.1. The van der Waals surface area contributed by atoms with Crippen LogP contribution in [0.3, 0.4) is 0 Å². The van der Waals surface area contributed by atoms with E-state index in [0.29, 0.717) is 21.0 Å². The second kappa shape index (κ2) is 12.5. The predicted molar refractivity (Wildman–Crippen MR) is 148 cm³/mol. The summed E-state index contributed by atoms with van der Waals surface area (Å²) < 4.78 is 69.1. The molecule has 214 valence electrons. The number of halogens is 5. The highest BCUT2D eigenvalue weighted by atomic mass is 35.5. The first-order valence-electron chi connectivity index (χ1n) is 11.9. The van der Waals surface area contributed by atoms with Crippen molar-refractivity contribution in [2.75, 3.05) is 17.9 Å². The van der Waals surface area contributed by atoms with Gasteiger partial charge in [-0.25, -0.2) is 8.42 Å². The lowest BCUT2D eigenvalue weighted by Crippen LogP contribution is -2.50. The molecular formula is C27H26Cl2F3N3O4S. The summed E-state index contributed by atoms with van der Waals surface area (Å²) >= 11 is 11.7. The second-order valence-electron chi connectivity index (χ2n) is 8.92. The number of carbonyl (C=O) groups excluding carboxylic acids is 2. The fraction of sp³-hybridized carbons (Fsp3) is 0.259. The number of nitrogens with one attached hydrogen (secondary N) is 1. The van der Waals surface area contributed by atoms with Crippen LogP contribution in [0.25, 0.3) is 0 Å². The van der Waals surface area contributed by atoms with E-state index in [1.165, 1.54) is 38.2 Å². The van der Waals surface area contributed by atoms with Crippen LogP contribution < -0.4 is 9.62 Å². The van der Waals surface area contributed by atoms with Crippen molar-refractivity contribution < 1.29 is 31.2 Å². The number of aryl methyl sites for hydroxylation is 1. The topological polar surface area (TPSA) is 86.8 Å². The summed E-state index contributed by atoms with van der Waals surface area (Å²) in [5, 5.41) is 2.26. The molecule has 3 aromatic rings. The van der Waals surface area contributed by atoms with Crippen molar-refractivity contribution >= 4 is 50.7 Å². The van der Waals surface area contributed by atoms with Gasteiger partial charge in [0.05, 0.1) is 21.2 Å². The summed E-state index contributed by atoms with van der Waals surface area (Å²) in [6.45, 7) is 2.19. The number of hydrogen-bond donors (Lipinski definition) is 1. The van der Waals surface area contributed by atoms with Gasteiger partial charge in [0.1, 0.15) is 12.6 Å². The van der Waals surface area contributed by atoms with Crippen molar-refractivity contribution in [2.24, 2.45) is 0 Å². The smallest absolute Gasteiger partial charge is 0.357 e. The Balaban J connectivity index is 2.12. The average Bonchev–Trinajstić information content (AvgIpc) is 2.90. The Hall–Kier alpha value is -3.28. The average molecular weight is 616 g/mol. The normalized spacial score (nSPS) is 12.5. The largest absolute Gasteiger partial charge is 0.417 e. The fourth-order valence-electron chi connectivity index (χ4n) is 3.83. The van der Waals surface area contributed by atoms with Gasteiger partial charge in [-0.15, -0.1) is 0 Å². The lowest BCUT2D eigenvalue weighted by Gasteiger charge is -2.32. The monoisotopic (exact) mass is 615 g/mol. The van der Waals surface area contributed by atoms with Gasteiger partial charge >= 0.3 is 6.18 Å².